The summed E-state index contributed by atoms with van der Waals surface area (Å²) >= 11 is 0. The van der Waals surface area contributed by atoms with Crippen LogP contribution in [0.3, 0.4) is 0 Å². The van der Waals surface area contributed by atoms with Gasteiger partial charge in [-0.05, 0) is 29.7 Å². The van der Waals surface area contributed by atoms with Crippen LogP contribution in [0.25, 0.3) is 0 Å². The Morgan fingerprint density at radius 1 is 1.14 bits per heavy atom. The van der Waals surface area contributed by atoms with Gasteiger partial charge in [0.05, 0.1) is 12.2 Å². The van der Waals surface area contributed by atoms with Gasteiger partial charge in [-0.1, -0.05) is 49.7 Å². The lowest BCUT2D eigenvalue weighted by molar-refractivity contribution is 0.0696. The third-order valence-electron chi connectivity index (χ3n) is 3.31. The number of hydrogen-bond donors (Lipinski definition) is 1. The first-order chi connectivity index (χ1) is 10.2. The molecule has 3 heteroatoms. The minimum atomic E-state index is -0.929. The van der Waals surface area contributed by atoms with Crippen molar-refractivity contribution < 1.29 is 14.6 Å². The number of carboxylic acids is 1. The highest BCUT2D eigenvalue weighted by molar-refractivity contribution is 5.88. The van der Waals surface area contributed by atoms with Crippen molar-refractivity contribution in [3.8, 4) is 5.75 Å². The molecule has 0 saturated heterocycles. The topological polar surface area (TPSA) is 46.5 Å². The molecule has 0 radical (unpaired) electrons. The lowest BCUT2D eigenvalue weighted by atomic mass is 10.0. The van der Waals surface area contributed by atoms with Crippen LogP contribution in [0.2, 0.25) is 0 Å². The van der Waals surface area contributed by atoms with Crippen LogP contribution >= 0.6 is 0 Å². The Morgan fingerprint density at radius 2 is 1.90 bits per heavy atom. The van der Waals surface area contributed by atoms with Gasteiger partial charge in [0.1, 0.15) is 5.75 Å². The predicted molar refractivity (Wildman–Crippen MR) is 83.1 cm³/mol. The van der Waals surface area contributed by atoms with Crippen LogP contribution in [0, 0.1) is 0 Å². The molecule has 0 spiro atoms. The van der Waals surface area contributed by atoms with E-state index in [9.17, 15) is 4.79 Å². The molecule has 0 bridgehead atoms. The average molecular weight is 284 g/mol. The fourth-order valence-corrected chi connectivity index (χ4v) is 2.11. The van der Waals surface area contributed by atoms with Crippen molar-refractivity contribution in [2.75, 3.05) is 6.61 Å². The summed E-state index contributed by atoms with van der Waals surface area (Å²) in [6.45, 7) is 2.71. The molecule has 0 amide bonds. The largest absolute Gasteiger partial charge is 0.493 e. The Hall–Kier alpha value is -2.29. The quantitative estimate of drug-likeness (QED) is 0.777. The zero-order chi connectivity index (χ0) is 15.1. The van der Waals surface area contributed by atoms with Crippen LogP contribution in [0.15, 0.2) is 48.5 Å². The van der Waals surface area contributed by atoms with E-state index in [2.05, 4.69) is 19.1 Å². The standard InChI is InChI=1S/C18H20O3/c1-2-3-11-21-17-13-16(18(19)20)10-9-15(17)12-14-7-5-4-6-8-14/h4-10,13H,2-3,11-12H2,1H3,(H,19,20). The molecule has 0 aliphatic rings. The molecule has 2 aromatic rings. The third-order valence-corrected chi connectivity index (χ3v) is 3.31. The van der Waals surface area contributed by atoms with Crippen LogP contribution in [0.4, 0.5) is 0 Å². The molecule has 2 rings (SSSR count). The van der Waals surface area contributed by atoms with Gasteiger partial charge in [0.2, 0.25) is 0 Å². The normalized spacial score (nSPS) is 10.3. The highest BCUT2D eigenvalue weighted by Gasteiger charge is 2.10. The minimum absolute atomic E-state index is 0.262. The summed E-state index contributed by atoms with van der Waals surface area (Å²) < 4.78 is 5.78. The number of hydrogen-bond acceptors (Lipinski definition) is 2. The van der Waals surface area contributed by atoms with Crippen molar-refractivity contribution in [3.05, 3.63) is 65.2 Å². The van der Waals surface area contributed by atoms with Gasteiger partial charge < -0.3 is 9.84 Å². The maximum atomic E-state index is 11.1. The van der Waals surface area contributed by atoms with Crippen LogP contribution in [0.5, 0.6) is 5.75 Å². The number of ether oxygens (including phenoxy) is 1. The molecule has 0 saturated carbocycles. The van der Waals surface area contributed by atoms with E-state index in [1.165, 1.54) is 5.56 Å². The number of carbonyl (C=O) groups is 1. The van der Waals surface area contributed by atoms with E-state index >= 15 is 0 Å². The maximum Gasteiger partial charge on any atom is 0.335 e. The van der Waals surface area contributed by atoms with Gasteiger partial charge in [0, 0.05) is 6.42 Å². The van der Waals surface area contributed by atoms with Gasteiger partial charge in [-0.2, -0.15) is 0 Å². The van der Waals surface area contributed by atoms with Gasteiger partial charge in [0.25, 0.3) is 0 Å². The van der Waals surface area contributed by atoms with Crippen LogP contribution in [0.1, 0.15) is 41.3 Å². The van der Waals surface area contributed by atoms with Crippen molar-refractivity contribution in [2.45, 2.75) is 26.2 Å². The summed E-state index contributed by atoms with van der Waals surface area (Å²) in [6, 6.07) is 15.2. The number of rotatable bonds is 7. The number of benzene rings is 2. The average Bonchev–Trinajstić information content (AvgIpc) is 2.50. The molecule has 0 unspecified atom stereocenters. The van der Waals surface area contributed by atoms with Gasteiger partial charge in [0.15, 0.2) is 0 Å². The van der Waals surface area contributed by atoms with Crippen molar-refractivity contribution >= 4 is 5.97 Å². The molecule has 0 aliphatic heterocycles. The lowest BCUT2D eigenvalue weighted by Crippen LogP contribution is -2.04. The van der Waals surface area contributed by atoms with E-state index < -0.39 is 5.97 Å². The first-order valence-electron chi connectivity index (χ1n) is 7.23. The van der Waals surface area contributed by atoms with Gasteiger partial charge in [-0.3, -0.25) is 0 Å². The molecule has 0 aromatic heterocycles. The van der Waals surface area contributed by atoms with E-state index in [4.69, 9.17) is 9.84 Å². The number of aromatic carboxylic acids is 1. The molecule has 2 aromatic carbocycles. The lowest BCUT2D eigenvalue weighted by Gasteiger charge is -2.12. The Labute approximate surface area is 125 Å². The summed E-state index contributed by atoms with van der Waals surface area (Å²) in [4.78, 5) is 11.1. The molecule has 0 heterocycles. The molecule has 0 atom stereocenters. The van der Waals surface area contributed by atoms with Crippen molar-refractivity contribution in [1.82, 2.24) is 0 Å². The SMILES string of the molecule is CCCCOc1cc(C(=O)O)ccc1Cc1ccccc1. The molecular formula is C18H20O3. The zero-order valence-corrected chi connectivity index (χ0v) is 12.2. The monoisotopic (exact) mass is 284 g/mol. The van der Waals surface area contributed by atoms with Gasteiger partial charge in [-0.15, -0.1) is 0 Å². The highest BCUT2D eigenvalue weighted by atomic mass is 16.5. The Morgan fingerprint density at radius 3 is 2.57 bits per heavy atom. The summed E-state index contributed by atoms with van der Waals surface area (Å²) in [5.74, 6) is -0.256. The maximum absolute atomic E-state index is 11.1. The molecule has 3 nitrogen and oxygen atoms in total. The number of unbranched alkanes of at least 4 members (excludes halogenated alkanes) is 1. The molecule has 110 valence electrons. The van der Waals surface area contributed by atoms with Gasteiger partial charge >= 0.3 is 5.97 Å². The van der Waals surface area contributed by atoms with Crippen molar-refractivity contribution in [1.29, 1.82) is 0 Å². The van der Waals surface area contributed by atoms with Crippen LogP contribution in [-0.4, -0.2) is 17.7 Å². The Kier molecular flexibility index (Phi) is 5.38. The second-order valence-corrected chi connectivity index (χ2v) is 4.99. The zero-order valence-electron chi connectivity index (χ0n) is 12.2. The van der Waals surface area contributed by atoms with E-state index in [1.807, 2.05) is 24.3 Å². The molecule has 0 aliphatic carbocycles. The fourth-order valence-electron chi connectivity index (χ4n) is 2.11. The Balaban J connectivity index is 2.23. The molecule has 1 N–H and O–H groups in total. The van der Waals surface area contributed by atoms with Crippen molar-refractivity contribution in [3.63, 3.8) is 0 Å². The van der Waals surface area contributed by atoms with E-state index in [-0.39, 0.29) is 5.56 Å². The predicted octanol–water partition coefficient (Wildman–Crippen LogP) is 4.15. The highest BCUT2D eigenvalue weighted by Crippen LogP contribution is 2.24. The van der Waals surface area contributed by atoms with E-state index in [1.54, 1.807) is 12.1 Å². The smallest absolute Gasteiger partial charge is 0.335 e. The van der Waals surface area contributed by atoms with Crippen molar-refractivity contribution in [2.24, 2.45) is 0 Å². The summed E-state index contributed by atoms with van der Waals surface area (Å²) in [5, 5.41) is 9.11. The van der Waals surface area contributed by atoms with Crippen LogP contribution in [-0.2, 0) is 6.42 Å². The summed E-state index contributed by atoms with van der Waals surface area (Å²) in [7, 11) is 0. The molecule has 21 heavy (non-hydrogen) atoms. The van der Waals surface area contributed by atoms with E-state index in [0.717, 1.165) is 24.8 Å². The summed E-state index contributed by atoms with van der Waals surface area (Å²) in [6.07, 6.45) is 2.75. The second-order valence-electron chi connectivity index (χ2n) is 4.99. The summed E-state index contributed by atoms with van der Waals surface area (Å²) in [5.41, 5.74) is 2.46. The second kappa shape index (κ2) is 7.48. The van der Waals surface area contributed by atoms with Crippen LogP contribution < -0.4 is 4.74 Å². The van der Waals surface area contributed by atoms with Gasteiger partial charge in [-0.25, -0.2) is 4.79 Å². The Bertz CT molecular complexity index is 591. The first-order valence-corrected chi connectivity index (χ1v) is 7.23. The molecular weight excluding hydrogens is 264 g/mol. The molecule has 0 fully saturated rings. The third kappa shape index (κ3) is 4.35. The minimum Gasteiger partial charge on any atom is -0.493 e. The fraction of sp³-hybridized carbons (Fsp3) is 0.278. The first kappa shape index (κ1) is 15.1. The number of carboxylic acid groups (broad SMARTS) is 1. The van der Waals surface area contributed by atoms with E-state index in [0.29, 0.717) is 12.4 Å².